The summed E-state index contributed by atoms with van der Waals surface area (Å²) in [5, 5.41) is 10.8. The number of sulfone groups is 1. The molecule has 0 aliphatic heterocycles. The second-order valence-electron chi connectivity index (χ2n) is 9.16. The molecular weight excluding hydrogens is 491 g/mol. The second kappa shape index (κ2) is 9.87. The minimum atomic E-state index is -3.85. The van der Waals surface area contributed by atoms with E-state index in [1.165, 1.54) is 18.2 Å². The van der Waals surface area contributed by atoms with Gasteiger partial charge in [0.15, 0.2) is 27.3 Å². The molecule has 0 spiro atoms. The molecule has 2 aliphatic rings. The van der Waals surface area contributed by atoms with E-state index in [0.717, 1.165) is 32.1 Å². The third-order valence-electron chi connectivity index (χ3n) is 6.98. The van der Waals surface area contributed by atoms with Crippen molar-refractivity contribution in [2.24, 2.45) is 17.8 Å². The Labute approximate surface area is 201 Å². The van der Waals surface area contributed by atoms with Crippen LogP contribution in [0.15, 0.2) is 35.2 Å². The molecule has 2 N–H and O–H groups in total. The Morgan fingerprint density at radius 2 is 1.68 bits per heavy atom. The highest BCUT2D eigenvalue weighted by Gasteiger charge is 2.49. The minimum Gasteiger partial charge on any atom is -0.396 e. The van der Waals surface area contributed by atoms with Crippen LogP contribution in [-0.2, 0) is 9.84 Å². The van der Waals surface area contributed by atoms with Gasteiger partial charge in [0.2, 0.25) is 0 Å². The summed E-state index contributed by atoms with van der Waals surface area (Å²) in [5.41, 5.74) is -0.364. The monoisotopic (exact) mass is 515 g/mol. The molecular formula is C24H25ClF3NO4S. The van der Waals surface area contributed by atoms with Crippen molar-refractivity contribution in [2.75, 3.05) is 11.9 Å². The molecule has 0 radical (unpaired) electrons. The molecule has 2 unspecified atom stereocenters. The molecule has 4 rings (SSSR count). The lowest BCUT2D eigenvalue weighted by atomic mass is 9.78. The number of carbonyl (C=O) groups excluding carboxylic acids is 1. The molecule has 2 aromatic rings. The van der Waals surface area contributed by atoms with Crippen molar-refractivity contribution in [3.63, 3.8) is 0 Å². The maximum atomic E-state index is 13.7. The van der Waals surface area contributed by atoms with Gasteiger partial charge < -0.3 is 10.4 Å². The van der Waals surface area contributed by atoms with Gasteiger partial charge in [-0.05, 0) is 74.5 Å². The first-order valence-electron chi connectivity index (χ1n) is 11.2. The zero-order chi connectivity index (χ0) is 24.6. The number of halogens is 4. The van der Waals surface area contributed by atoms with Gasteiger partial charge in [0.05, 0.1) is 15.2 Å². The van der Waals surface area contributed by atoms with Crippen molar-refractivity contribution >= 4 is 33.0 Å². The predicted octanol–water partition coefficient (Wildman–Crippen LogP) is 5.36. The number of aliphatic hydroxyl groups excluding tert-OH is 1. The SMILES string of the molecule is O=C(Nc1cc(F)c(F)c(F)c1)c1ccc(Cl)c(S(=O)(=O)C2C3CC[C@H]2C[C@H](CCCO)C3)c1. The molecule has 2 bridgehead atoms. The van der Waals surface area contributed by atoms with Gasteiger partial charge in [-0.3, -0.25) is 4.79 Å². The highest BCUT2D eigenvalue weighted by atomic mass is 35.5. The Morgan fingerprint density at radius 3 is 2.26 bits per heavy atom. The summed E-state index contributed by atoms with van der Waals surface area (Å²) in [6, 6.07) is 5.07. The van der Waals surface area contributed by atoms with Gasteiger partial charge in [0.1, 0.15) is 0 Å². The van der Waals surface area contributed by atoms with Crippen LogP contribution in [0.4, 0.5) is 18.9 Å². The van der Waals surface area contributed by atoms with E-state index in [4.69, 9.17) is 16.7 Å². The Hall–Kier alpha value is -2.10. The van der Waals surface area contributed by atoms with Crippen LogP contribution < -0.4 is 5.32 Å². The van der Waals surface area contributed by atoms with Crippen LogP contribution in [-0.4, -0.2) is 31.3 Å². The lowest BCUT2D eigenvalue weighted by Crippen LogP contribution is -2.37. The zero-order valence-corrected chi connectivity index (χ0v) is 19.8. The Bertz CT molecular complexity index is 1170. The fraction of sp³-hybridized carbons (Fsp3) is 0.458. The number of rotatable bonds is 7. The Morgan fingerprint density at radius 1 is 1.06 bits per heavy atom. The van der Waals surface area contributed by atoms with Gasteiger partial charge in [-0.25, -0.2) is 21.6 Å². The van der Waals surface area contributed by atoms with Crippen LogP contribution in [0.2, 0.25) is 5.02 Å². The number of carbonyl (C=O) groups is 1. The van der Waals surface area contributed by atoms with E-state index in [1.807, 2.05) is 0 Å². The number of hydrogen-bond acceptors (Lipinski definition) is 4. The summed E-state index contributed by atoms with van der Waals surface area (Å²) in [6.07, 6.45) is 4.75. The first kappa shape index (κ1) is 25.0. The number of amides is 1. The molecule has 2 aliphatic carbocycles. The molecule has 0 aromatic heterocycles. The van der Waals surface area contributed by atoms with Crippen molar-refractivity contribution < 1.29 is 31.5 Å². The van der Waals surface area contributed by atoms with E-state index in [2.05, 4.69) is 5.32 Å². The normalized spacial score (nSPS) is 24.3. The zero-order valence-electron chi connectivity index (χ0n) is 18.2. The lowest BCUT2D eigenvalue weighted by Gasteiger charge is -2.35. The van der Waals surface area contributed by atoms with E-state index >= 15 is 0 Å². The molecule has 5 nitrogen and oxygen atoms in total. The average Bonchev–Trinajstić information content (AvgIpc) is 3.07. The van der Waals surface area contributed by atoms with E-state index in [0.29, 0.717) is 24.5 Å². The summed E-state index contributed by atoms with van der Waals surface area (Å²) < 4.78 is 67.4. The third-order valence-corrected chi connectivity index (χ3v) is 9.86. The molecule has 0 heterocycles. The minimum absolute atomic E-state index is 0.00257. The first-order chi connectivity index (χ1) is 16.1. The van der Waals surface area contributed by atoms with E-state index in [9.17, 15) is 26.4 Å². The molecule has 184 valence electrons. The highest BCUT2D eigenvalue weighted by Crippen LogP contribution is 2.51. The van der Waals surface area contributed by atoms with E-state index in [-0.39, 0.29) is 39.6 Å². The van der Waals surface area contributed by atoms with Gasteiger partial charge in [-0.15, -0.1) is 0 Å². The fourth-order valence-electron chi connectivity index (χ4n) is 5.56. The largest absolute Gasteiger partial charge is 0.396 e. The number of fused-ring (bicyclic) bond motifs is 2. The van der Waals surface area contributed by atoms with Crippen LogP contribution in [0.3, 0.4) is 0 Å². The maximum absolute atomic E-state index is 13.7. The van der Waals surface area contributed by atoms with E-state index in [1.54, 1.807) is 0 Å². The summed E-state index contributed by atoms with van der Waals surface area (Å²) in [4.78, 5) is 12.5. The van der Waals surface area contributed by atoms with E-state index < -0.39 is 38.4 Å². The molecule has 0 saturated heterocycles. The summed E-state index contributed by atoms with van der Waals surface area (Å²) in [6.45, 7) is 0.120. The van der Waals surface area contributed by atoms with Gasteiger partial charge in [-0.1, -0.05) is 11.6 Å². The summed E-state index contributed by atoms with van der Waals surface area (Å²) in [5.74, 6) is -5.01. The second-order valence-corrected chi connectivity index (χ2v) is 11.6. The summed E-state index contributed by atoms with van der Waals surface area (Å²) in [7, 11) is -3.85. The van der Waals surface area contributed by atoms with Crippen molar-refractivity contribution in [1.82, 2.24) is 0 Å². The molecule has 2 aromatic carbocycles. The van der Waals surface area contributed by atoms with Crippen molar-refractivity contribution in [3.05, 3.63) is 58.4 Å². The van der Waals surface area contributed by atoms with Crippen molar-refractivity contribution in [1.29, 1.82) is 0 Å². The molecule has 1 amide bonds. The topological polar surface area (TPSA) is 83.5 Å². The quantitative estimate of drug-likeness (QED) is 0.486. The van der Waals surface area contributed by atoms with Crippen LogP contribution in [0.1, 0.15) is 48.9 Å². The number of nitrogens with one attached hydrogen (secondary N) is 1. The van der Waals surface area contributed by atoms with Crippen LogP contribution in [0.5, 0.6) is 0 Å². The lowest BCUT2D eigenvalue weighted by molar-refractivity contribution is 0.102. The molecule has 4 atom stereocenters. The standard InChI is InChI=1S/C24H25ClF3NO4S/c25-18-6-5-16(24(31)29-17-11-19(26)22(28)20(27)12-17)10-21(18)34(32,33)23-14-3-4-15(23)9-13(8-14)2-1-7-30/h5-6,10-15,23,30H,1-4,7-9H2,(H,29,31)/t13-,14-,15?,23?/m0/s1. The number of aliphatic hydroxyl groups is 1. The van der Waals surface area contributed by atoms with Crippen LogP contribution in [0.25, 0.3) is 0 Å². The Kier molecular flexibility index (Phi) is 7.26. The number of hydrogen-bond donors (Lipinski definition) is 2. The van der Waals surface area contributed by atoms with Crippen LogP contribution >= 0.6 is 11.6 Å². The number of benzene rings is 2. The van der Waals surface area contributed by atoms with Gasteiger partial charge in [0, 0.05) is 30.0 Å². The predicted molar refractivity (Wildman–Crippen MR) is 122 cm³/mol. The molecule has 2 saturated carbocycles. The van der Waals surface area contributed by atoms with Gasteiger partial charge in [0.25, 0.3) is 5.91 Å². The van der Waals surface area contributed by atoms with Crippen molar-refractivity contribution in [2.45, 2.75) is 48.7 Å². The molecule has 34 heavy (non-hydrogen) atoms. The smallest absolute Gasteiger partial charge is 0.255 e. The Balaban J connectivity index is 1.58. The van der Waals surface area contributed by atoms with Crippen LogP contribution in [0, 0.1) is 35.2 Å². The maximum Gasteiger partial charge on any atom is 0.255 e. The molecule has 10 heteroatoms. The average molecular weight is 516 g/mol. The van der Waals surface area contributed by atoms with Crippen molar-refractivity contribution in [3.8, 4) is 0 Å². The van der Waals surface area contributed by atoms with Gasteiger partial charge >= 0.3 is 0 Å². The summed E-state index contributed by atoms with van der Waals surface area (Å²) >= 11 is 6.26. The first-order valence-corrected chi connectivity index (χ1v) is 13.1. The third kappa shape index (κ3) is 4.83. The highest BCUT2D eigenvalue weighted by molar-refractivity contribution is 7.92. The fourth-order valence-corrected chi connectivity index (χ4v) is 8.43. The molecule has 2 fully saturated rings. The number of anilines is 1. The van der Waals surface area contributed by atoms with Gasteiger partial charge in [-0.2, -0.15) is 0 Å².